The lowest BCUT2D eigenvalue weighted by atomic mass is 9.54. The van der Waals surface area contributed by atoms with Crippen LogP contribution in [0.5, 0.6) is 0 Å². The molecule has 5 atom stereocenters. The Morgan fingerprint density at radius 2 is 1.85 bits per heavy atom. The van der Waals surface area contributed by atoms with Gasteiger partial charge in [0.25, 0.3) is 0 Å². The van der Waals surface area contributed by atoms with E-state index in [-0.39, 0.29) is 0 Å². The number of fused-ring (bicyclic) bond motifs is 1. The molecule has 3 aliphatic carbocycles. The molecular formula is C13H22. The van der Waals surface area contributed by atoms with Gasteiger partial charge in [-0.25, -0.2) is 0 Å². The van der Waals surface area contributed by atoms with E-state index < -0.39 is 0 Å². The van der Waals surface area contributed by atoms with Crippen LogP contribution in [0.2, 0.25) is 0 Å². The SMILES string of the molecule is CC1CC2CC3(C)CC(C)(C1)CC23. The minimum Gasteiger partial charge on any atom is -0.0625 e. The summed E-state index contributed by atoms with van der Waals surface area (Å²) in [6.07, 6.45) is 7.69. The summed E-state index contributed by atoms with van der Waals surface area (Å²) in [7, 11) is 0. The second-order valence-corrected chi connectivity index (χ2v) is 6.96. The first kappa shape index (κ1) is 8.32. The van der Waals surface area contributed by atoms with E-state index in [9.17, 15) is 0 Å². The Morgan fingerprint density at radius 3 is 2.62 bits per heavy atom. The number of hydrogen-bond acceptors (Lipinski definition) is 0. The van der Waals surface area contributed by atoms with E-state index in [1.54, 1.807) is 12.8 Å². The van der Waals surface area contributed by atoms with Crippen molar-refractivity contribution in [3.05, 3.63) is 0 Å². The van der Waals surface area contributed by atoms with Crippen LogP contribution in [0.15, 0.2) is 0 Å². The summed E-state index contributed by atoms with van der Waals surface area (Å²) in [5.74, 6) is 3.23. The molecule has 3 aliphatic rings. The van der Waals surface area contributed by atoms with E-state index in [1.807, 2.05) is 0 Å². The lowest BCUT2D eigenvalue weighted by Gasteiger charge is -2.51. The van der Waals surface area contributed by atoms with Gasteiger partial charge in [-0.3, -0.25) is 0 Å². The third-order valence-corrected chi connectivity index (χ3v) is 5.28. The van der Waals surface area contributed by atoms with Crippen molar-refractivity contribution >= 4 is 0 Å². The van der Waals surface area contributed by atoms with Crippen LogP contribution in [0.4, 0.5) is 0 Å². The zero-order valence-corrected chi connectivity index (χ0v) is 9.27. The molecule has 3 fully saturated rings. The summed E-state index contributed by atoms with van der Waals surface area (Å²) in [6.45, 7) is 7.58. The van der Waals surface area contributed by atoms with Crippen molar-refractivity contribution in [2.24, 2.45) is 28.6 Å². The number of rotatable bonds is 0. The van der Waals surface area contributed by atoms with E-state index in [0.29, 0.717) is 0 Å². The highest BCUT2D eigenvalue weighted by molar-refractivity contribution is 5.10. The monoisotopic (exact) mass is 178 g/mol. The van der Waals surface area contributed by atoms with Crippen molar-refractivity contribution in [2.75, 3.05) is 0 Å². The molecule has 2 bridgehead atoms. The molecule has 0 aromatic carbocycles. The third-order valence-electron chi connectivity index (χ3n) is 5.28. The fraction of sp³-hybridized carbons (Fsp3) is 1.00. The Bertz CT molecular complexity index is 242. The molecule has 5 unspecified atom stereocenters. The summed E-state index contributed by atoms with van der Waals surface area (Å²) < 4.78 is 0. The Balaban J connectivity index is 1.94. The van der Waals surface area contributed by atoms with Gasteiger partial charge in [-0.2, -0.15) is 0 Å². The van der Waals surface area contributed by atoms with Gasteiger partial charge in [0.1, 0.15) is 0 Å². The van der Waals surface area contributed by atoms with Crippen LogP contribution in [0.1, 0.15) is 52.9 Å². The predicted octanol–water partition coefficient (Wildman–Crippen LogP) is 3.86. The van der Waals surface area contributed by atoms with Crippen LogP contribution in [0.25, 0.3) is 0 Å². The lowest BCUT2D eigenvalue weighted by Crippen LogP contribution is -2.43. The van der Waals surface area contributed by atoms with Gasteiger partial charge in [-0.1, -0.05) is 20.8 Å². The maximum absolute atomic E-state index is 2.55. The fourth-order valence-corrected chi connectivity index (χ4v) is 5.34. The molecule has 0 saturated heterocycles. The predicted molar refractivity (Wildman–Crippen MR) is 55.4 cm³/mol. The first-order valence-electron chi connectivity index (χ1n) is 6.01. The molecule has 0 nitrogen and oxygen atoms in total. The van der Waals surface area contributed by atoms with Gasteiger partial charge in [0.15, 0.2) is 0 Å². The zero-order chi connectivity index (χ0) is 9.27. The van der Waals surface area contributed by atoms with Crippen LogP contribution in [-0.4, -0.2) is 0 Å². The van der Waals surface area contributed by atoms with E-state index in [2.05, 4.69) is 20.8 Å². The maximum Gasteiger partial charge on any atom is -0.0287 e. The molecule has 0 amide bonds. The molecule has 0 radical (unpaired) electrons. The number of hydrogen-bond donors (Lipinski definition) is 0. The van der Waals surface area contributed by atoms with E-state index in [0.717, 1.165) is 28.6 Å². The molecule has 3 saturated carbocycles. The molecule has 0 aliphatic heterocycles. The van der Waals surface area contributed by atoms with Gasteiger partial charge in [0.05, 0.1) is 0 Å². The summed E-state index contributed by atoms with van der Waals surface area (Å²) in [5.41, 5.74) is 1.50. The average molecular weight is 178 g/mol. The summed E-state index contributed by atoms with van der Waals surface area (Å²) in [6, 6.07) is 0. The van der Waals surface area contributed by atoms with Gasteiger partial charge in [-0.05, 0) is 60.7 Å². The fourth-order valence-electron chi connectivity index (χ4n) is 5.34. The minimum absolute atomic E-state index is 0.726. The van der Waals surface area contributed by atoms with Gasteiger partial charge in [0, 0.05) is 0 Å². The molecule has 13 heavy (non-hydrogen) atoms. The second-order valence-electron chi connectivity index (χ2n) is 6.96. The zero-order valence-electron chi connectivity index (χ0n) is 9.27. The Kier molecular flexibility index (Phi) is 1.37. The molecule has 0 aromatic heterocycles. The molecule has 74 valence electrons. The molecule has 0 heterocycles. The van der Waals surface area contributed by atoms with E-state index in [4.69, 9.17) is 0 Å². The smallest absolute Gasteiger partial charge is 0.0287 e. The molecule has 0 heteroatoms. The first-order valence-corrected chi connectivity index (χ1v) is 6.01. The highest BCUT2D eigenvalue weighted by Crippen LogP contribution is 2.70. The lowest BCUT2D eigenvalue weighted by molar-refractivity contribution is -0.0175. The first-order chi connectivity index (χ1) is 6.01. The van der Waals surface area contributed by atoms with Crippen molar-refractivity contribution in [1.82, 2.24) is 0 Å². The third kappa shape index (κ3) is 0.980. The van der Waals surface area contributed by atoms with Crippen molar-refractivity contribution in [1.29, 1.82) is 0 Å². The van der Waals surface area contributed by atoms with Crippen molar-refractivity contribution in [2.45, 2.75) is 52.9 Å². The maximum atomic E-state index is 2.55. The normalized spacial score (nSPS) is 64.4. The Hall–Kier alpha value is 0. The van der Waals surface area contributed by atoms with Gasteiger partial charge in [-0.15, -0.1) is 0 Å². The Labute approximate surface area is 82.1 Å². The molecule has 0 aromatic rings. The molecule has 0 N–H and O–H groups in total. The molecular weight excluding hydrogens is 156 g/mol. The van der Waals surface area contributed by atoms with E-state index >= 15 is 0 Å². The van der Waals surface area contributed by atoms with Gasteiger partial charge in [0.2, 0.25) is 0 Å². The molecule has 0 spiro atoms. The van der Waals surface area contributed by atoms with Gasteiger partial charge >= 0.3 is 0 Å². The summed E-state index contributed by atoms with van der Waals surface area (Å²) >= 11 is 0. The highest BCUT2D eigenvalue weighted by Gasteiger charge is 2.61. The van der Waals surface area contributed by atoms with Crippen LogP contribution >= 0.6 is 0 Å². The van der Waals surface area contributed by atoms with Crippen molar-refractivity contribution in [3.8, 4) is 0 Å². The highest BCUT2D eigenvalue weighted by atomic mass is 14.7. The minimum atomic E-state index is 0.726. The quantitative estimate of drug-likeness (QED) is 0.528. The van der Waals surface area contributed by atoms with E-state index in [1.165, 1.54) is 19.3 Å². The van der Waals surface area contributed by atoms with Crippen LogP contribution in [0.3, 0.4) is 0 Å². The van der Waals surface area contributed by atoms with Crippen molar-refractivity contribution in [3.63, 3.8) is 0 Å². The van der Waals surface area contributed by atoms with Crippen LogP contribution in [0, 0.1) is 28.6 Å². The van der Waals surface area contributed by atoms with Crippen LogP contribution < -0.4 is 0 Å². The second kappa shape index (κ2) is 2.15. The largest absolute Gasteiger partial charge is 0.0625 e. The van der Waals surface area contributed by atoms with Crippen LogP contribution in [-0.2, 0) is 0 Å². The van der Waals surface area contributed by atoms with Gasteiger partial charge < -0.3 is 0 Å². The standard InChI is InChI=1S/C13H22/c1-9-4-10-6-13(3)8-12(2,5-9)7-11(10)13/h9-11H,4-8H2,1-3H3. The Morgan fingerprint density at radius 1 is 1.08 bits per heavy atom. The topological polar surface area (TPSA) is 0 Å². The summed E-state index contributed by atoms with van der Waals surface area (Å²) in [5, 5.41) is 0. The molecule has 3 rings (SSSR count). The van der Waals surface area contributed by atoms with Crippen molar-refractivity contribution < 1.29 is 0 Å². The average Bonchev–Trinajstić information content (AvgIpc) is 2.07. The summed E-state index contributed by atoms with van der Waals surface area (Å²) in [4.78, 5) is 0.